The van der Waals surface area contributed by atoms with Crippen molar-refractivity contribution >= 4 is 33.4 Å². The van der Waals surface area contributed by atoms with Gasteiger partial charge in [0.05, 0.1) is 6.26 Å². The van der Waals surface area contributed by atoms with Crippen LogP contribution in [-0.2, 0) is 14.9 Å². The van der Waals surface area contributed by atoms with E-state index in [1.165, 1.54) is 0 Å². The van der Waals surface area contributed by atoms with Crippen molar-refractivity contribution in [1.82, 2.24) is 0 Å². The van der Waals surface area contributed by atoms with Crippen LogP contribution in [0.15, 0.2) is 83.8 Å². The number of rotatable bonds is 10. The first-order chi connectivity index (χ1) is 15.7. The second-order valence-corrected chi connectivity index (χ2v) is 9.89. The summed E-state index contributed by atoms with van der Waals surface area (Å²) in [5, 5.41) is 8.78. The van der Waals surface area contributed by atoms with Crippen molar-refractivity contribution in [2.45, 2.75) is 11.8 Å². The molecule has 3 aromatic rings. The van der Waals surface area contributed by atoms with Gasteiger partial charge in [0.15, 0.2) is 6.61 Å². The summed E-state index contributed by atoms with van der Waals surface area (Å²) in [5.41, 5.74) is 3.67. The SMILES string of the molecule is Cc1cc(SCC=C(c2ccccc2)c2cccc(OS(C)(=O)=O)c2)ccc1OCC(=O)O. The molecule has 0 spiro atoms. The van der Waals surface area contributed by atoms with Gasteiger partial charge < -0.3 is 14.0 Å². The normalized spacial score (nSPS) is 11.8. The molecule has 0 unspecified atom stereocenters. The Morgan fingerprint density at radius 1 is 1.00 bits per heavy atom. The summed E-state index contributed by atoms with van der Waals surface area (Å²) in [5.74, 6) is 0.454. The van der Waals surface area contributed by atoms with Gasteiger partial charge in [-0.15, -0.1) is 11.8 Å². The van der Waals surface area contributed by atoms with E-state index >= 15 is 0 Å². The highest BCUT2D eigenvalue weighted by molar-refractivity contribution is 7.99. The maximum absolute atomic E-state index is 11.5. The van der Waals surface area contributed by atoms with Gasteiger partial charge in [-0.25, -0.2) is 4.79 Å². The lowest BCUT2D eigenvalue weighted by molar-refractivity contribution is -0.139. The zero-order valence-electron chi connectivity index (χ0n) is 18.2. The zero-order chi connectivity index (χ0) is 23.8. The number of ether oxygens (including phenoxy) is 1. The van der Waals surface area contributed by atoms with Crippen LogP contribution in [0.1, 0.15) is 16.7 Å². The molecule has 0 aliphatic heterocycles. The monoisotopic (exact) mass is 484 g/mol. The maximum Gasteiger partial charge on any atom is 0.341 e. The number of benzene rings is 3. The number of thioether (sulfide) groups is 1. The molecule has 0 heterocycles. The van der Waals surface area contributed by atoms with Gasteiger partial charge in [-0.05, 0) is 59.5 Å². The van der Waals surface area contributed by atoms with E-state index in [4.69, 9.17) is 14.0 Å². The third-order valence-electron chi connectivity index (χ3n) is 4.51. The van der Waals surface area contributed by atoms with E-state index in [1.807, 2.05) is 55.5 Å². The minimum atomic E-state index is -3.62. The first-order valence-electron chi connectivity index (χ1n) is 10.0. The Bertz CT molecular complexity index is 1250. The molecule has 172 valence electrons. The number of hydrogen-bond acceptors (Lipinski definition) is 6. The van der Waals surface area contributed by atoms with Gasteiger partial charge in [-0.3, -0.25) is 0 Å². The quantitative estimate of drug-likeness (QED) is 0.319. The number of aryl methyl sites for hydroxylation is 1. The largest absolute Gasteiger partial charge is 0.482 e. The fourth-order valence-corrected chi connectivity index (χ4v) is 4.46. The molecule has 1 N–H and O–H groups in total. The standard InChI is InChI=1S/C25H24O6S2/c1-18-15-22(11-12-24(18)30-17-25(26)27)32-14-13-23(19-7-4-3-5-8-19)20-9-6-10-21(16-20)31-33(2,28)29/h3-13,15-16H,14,17H2,1-2H3,(H,26,27). The van der Waals surface area contributed by atoms with Gasteiger partial charge in [-0.2, -0.15) is 8.42 Å². The summed E-state index contributed by atoms with van der Waals surface area (Å²) in [4.78, 5) is 11.7. The summed E-state index contributed by atoms with van der Waals surface area (Å²) in [6.07, 6.45) is 3.11. The third kappa shape index (κ3) is 7.69. The van der Waals surface area contributed by atoms with Crippen LogP contribution in [0.25, 0.3) is 5.57 Å². The summed E-state index contributed by atoms with van der Waals surface area (Å²) < 4.78 is 33.4. The van der Waals surface area contributed by atoms with Crippen molar-refractivity contribution in [3.05, 3.63) is 95.6 Å². The number of carboxylic acid groups (broad SMARTS) is 1. The van der Waals surface area contributed by atoms with Crippen LogP contribution in [0, 0.1) is 6.92 Å². The maximum atomic E-state index is 11.5. The van der Waals surface area contributed by atoms with E-state index in [2.05, 4.69) is 6.08 Å². The molecule has 3 rings (SSSR count). The number of carboxylic acids is 1. The van der Waals surface area contributed by atoms with Crippen LogP contribution in [-0.4, -0.2) is 38.1 Å². The van der Waals surface area contributed by atoms with Crippen LogP contribution >= 0.6 is 11.8 Å². The van der Waals surface area contributed by atoms with Crippen LogP contribution < -0.4 is 8.92 Å². The molecule has 0 radical (unpaired) electrons. The van der Waals surface area contributed by atoms with E-state index in [0.29, 0.717) is 11.5 Å². The molecular formula is C25H24O6S2. The van der Waals surface area contributed by atoms with Crippen molar-refractivity contribution in [2.24, 2.45) is 0 Å². The topological polar surface area (TPSA) is 89.9 Å². The second-order valence-electron chi connectivity index (χ2n) is 7.22. The highest BCUT2D eigenvalue weighted by atomic mass is 32.2. The molecular weight excluding hydrogens is 460 g/mol. The fraction of sp³-hybridized carbons (Fsp3) is 0.160. The number of hydrogen-bond donors (Lipinski definition) is 1. The molecule has 3 aromatic carbocycles. The van der Waals surface area contributed by atoms with Crippen LogP contribution in [0.3, 0.4) is 0 Å². The Kier molecular flexibility index (Phi) is 8.19. The molecule has 0 fully saturated rings. The molecule has 33 heavy (non-hydrogen) atoms. The summed E-state index contributed by atoms with van der Waals surface area (Å²) in [6, 6.07) is 22.5. The summed E-state index contributed by atoms with van der Waals surface area (Å²) >= 11 is 1.62. The van der Waals surface area contributed by atoms with Gasteiger partial charge in [0, 0.05) is 10.6 Å². The van der Waals surface area contributed by atoms with Gasteiger partial charge in [0.2, 0.25) is 0 Å². The lowest BCUT2D eigenvalue weighted by Gasteiger charge is -2.11. The molecule has 8 heteroatoms. The van der Waals surface area contributed by atoms with E-state index in [9.17, 15) is 13.2 Å². The Morgan fingerprint density at radius 2 is 1.73 bits per heavy atom. The van der Waals surface area contributed by atoms with Crippen LogP contribution in [0.2, 0.25) is 0 Å². The van der Waals surface area contributed by atoms with Gasteiger partial charge in [-0.1, -0.05) is 48.5 Å². The van der Waals surface area contributed by atoms with Gasteiger partial charge in [0.25, 0.3) is 0 Å². The molecule has 0 aliphatic rings. The smallest absolute Gasteiger partial charge is 0.341 e. The molecule has 0 bridgehead atoms. The summed E-state index contributed by atoms with van der Waals surface area (Å²) in [6.45, 7) is 1.50. The van der Waals surface area contributed by atoms with Crippen LogP contribution in [0.4, 0.5) is 0 Å². The molecule has 0 amide bonds. The third-order valence-corrected chi connectivity index (χ3v) is 5.93. The minimum absolute atomic E-state index is 0.261. The van der Waals surface area contributed by atoms with Crippen molar-refractivity contribution < 1.29 is 27.2 Å². The Labute approximate surface area is 198 Å². The van der Waals surface area contributed by atoms with E-state index in [0.717, 1.165) is 33.4 Å². The Balaban J connectivity index is 1.82. The number of aliphatic carboxylic acids is 1. The van der Waals surface area contributed by atoms with Crippen molar-refractivity contribution in [3.63, 3.8) is 0 Å². The summed E-state index contributed by atoms with van der Waals surface area (Å²) in [7, 11) is -3.62. The van der Waals surface area contributed by atoms with Crippen molar-refractivity contribution in [2.75, 3.05) is 18.6 Å². The fourth-order valence-electron chi connectivity index (χ4n) is 3.14. The Morgan fingerprint density at radius 3 is 2.39 bits per heavy atom. The zero-order valence-corrected chi connectivity index (χ0v) is 19.9. The van der Waals surface area contributed by atoms with Crippen LogP contribution in [0.5, 0.6) is 11.5 Å². The van der Waals surface area contributed by atoms with E-state index < -0.39 is 16.1 Å². The highest BCUT2D eigenvalue weighted by Gasteiger charge is 2.10. The molecule has 0 atom stereocenters. The molecule has 0 aromatic heterocycles. The lowest BCUT2D eigenvalue weighted by atomic mass is 9.98. The van der Waals surface area contributed by atoms with Gasteiger partial charge in [0.1, 0.15) is 11.5 Å². The van der Waals surface area contributed by atoms with Crippen molar-refractivity contribution in [1.29, 1.82) is 0 Å². The van der Waals surface area contributed by atoms with E-state index in [1.54, 1.807) is 36.0 Å². The molecule has 0 aliphatic carbocycles. The van der Waals surface area contributed by atoms with E-state index in [-0.39, 0.29) is 12.4 Å². The minimum Gasteiger partial charge on any atom is -0.482 e. The molecule has 6 nitrogen and oxygen atoms in total. The van der Waals surface area contributed by atoms with Gasteiger partial charge >= 0.3 is 16.1 Å². The lowest BCUT2D eigenvalue weighted by Crippen LogP contribution is -2.09. The molecule has 0 saturated carbocycles. The first kappa shape index (κ1) is 24.4. The molecule has 0 saturated heterocycles. The average molecular weight is 485 g/mol. The first-order valence-corrected chi connectivity index (χ1v) is 12.8. The second kappa shape index (κ2) is 11.1. The predicted molar refractivity (Wildman–Crippen MR) is 130 cm³/mol. The average Bonchev–Trinajstić information content (AvgIpc) is 2.75. The van der Waals surface area contributed by atoms with Crippen molar-refractivity contribution in [3.8, 4) is 11.5 Å². The number of carbonyl (C=O) groups is 1. The Hall–Kier alpha value is -3.23. The highest BCUT2D eigenvalue weighted by Crippen LogP contribution is 2.30. The predicted octanol–water partition coefficient (Wildman–Crippen LogP) is 5.02.